The van der Waals surface area contributed by atoms with Crippen LogP contribution in [-0.2, 0) is 24.4 Å². The lowest BCUT2D eigenvalue weighted by molar-refractivity contribution is -0.137. The fraction of sp³-hybridized carbons (Fsp3) is 0.360. The van der Waals surface area contributed by atoms with Gasteiger partial charge in [0.05, 0.1) is 16.1 Å². The molecule has 1 fully saturated rings. The van der Waals surface area contributed by atoms with E-state index in [1.807, 2.05) is 6.07 Å². The Balaban J connectivity index is 1.70. The fourth-order valence-electron chi connectivity index (χ4n) is 4.55. The summed E-state index contributed by atoms with van der Waals surface area (Å²) in [5, 5.41) is 1.28. The van der Waals surface area contributed by atoms with Crippen molar-refractivity contribution in [2.45, 2.75) is 32.9 Å². The number of ketones is 1. The SMILES string of the molecule is CC(=O)C1CCN(C(=O)c2ccc(Cl)c(Cc3cc4c(C)cc(C(F)(F)F)cc4n3C)c2Cl)C1. The molecule has 4 nitrogen and oxygen atoms in total. The summed E-state index contributed by atoms with van der Waals surface area (Å²) < 4.78 is 41.6. The molecule has 1 aliphatic rings. The molecule has 3 aromatic rings. The van der Waals surface area contributed by atoms with Gasteiger partial charge in [-0.25, -0.2) is 0 Å². The van der Waals surface area contributed by atoms with Gasteiger partial charge in [-0.3, -0.25) is 9.59 Å². The number of aryl methyl sites for hydroxylation is 2. The number of carbonyl (C=O) groups excluding carboxylic acids is 2. The van der Waals surface area contributed by atoms with Crippen LogP contribution in [0.3, 0.4) is 0 Å². The van der Waals surface area contributed by atoms with E-state index in [9.17, 15) is 22.8 Å². The Kier molecular flexibility index (Phi) is 6.46. The second-order valence-electron chi connectivity index (χ2n) is 8.83. The number of hydrogen-bond donors (Lipinski definition) is 0. The Labute approximate surface area is 205 Å². The molecule has 9 heteroatoms. The van der Waals surface area contributed by atoms with E-state index in [1.165, 1.54) is 6.92 Å². The van der Waals surface area contributed by atoms with Crippen molar-refractivity contribution in [3.05, 3.63) is 68.3 Å². The molecule has 2 aromatic carbocycles. The van der Waals surface area contributed by atoms with Crippen molar-refractivity contribution in [3.8, 4) is 0 Å². The normalized spacial score (nSPS) is 16.5. The van der Waals surface area contributed by atoms with Gasteiger partial charge in [0, 0.05) is 54.1 Å². The van der Waals surface area contributed by atoms with E-state index in [1.54, 1.807) is 35.6 Å². The predicted molar refractivity (Wildman–Crippen MR) is 127 cm³/mol. The summed E-state index contributed by atoms with van der Waals surface area (Å²) in [5.74, 6) is -0.387. The molecule has 1 aromatic heterocycles. The van der Waals surface area contributed by atoms with Crippen LogP contribution in [0.4, 0.5) is 13.2 Å². The number of hydrogen-bond acceptors (Lipinski definition) is 2. The van der Waals surface area contributed by atoms with Crippen LogP contribution in [0.2, 0.25) is 10.0 Å². The number of fused-ring (bicyclic) bond motifs is 1. The molecule has 0 bridgehead atoms. The maximum absolute atomic E-state index is 13.3. The molecule has 34 heavy (non-hydrogen) atoms. The highest BCUT2D eigenvalue weighted by molar-refractivity contribution is 6.38. The minimum absolute atomic E-state index is 0.0536. The highest BCUT2D eigenvalue weighted by Crippen LogP contribution is 2.36. The fourth-order valence-corrected chi connectivity index (χ4v) is 5.13. The van der Waals surface area contributed by atoms with Crippen LogP contribution >= 0.6 is 23.2 Å². The van der Waals surface area contributed by atoms with Crippen molar-refractivity contribution in [3.63, 3.8) is 0 Å². The smallest absolute Gasteiger partial charge is 0.347 e. The molecule has 2 heterocycles. The molecular weight excluding hydrogens is 488 g/mol. The van der Waals surface area contributed by atoms with Gasteiger partial charge in [0.25, 0.3) is 5.91 Å². The zero-order chi connectivity index (χ0) is 24.9. The minimum atomic E-state index is -4.44. The van der Waals surface area contributed by atoms with Gasteiger partial charge in [-0.05, 0) is 61.7 Å². The third-order valence-electron chi connectivity index (χ3n) is 6.62. The Morgan fingerprint density at radius 1 is 1.15 bits per heavy atom. The highest BCUT2D eigenvalue weighted by Gasteiger charge is 2.32. The third-order valence-corrected chi connectivity index (χ3v) is 7.41. The molecule has 1 saturated heterocycles. The van der Waals surface area contributed by atoms with Crippen LogP contribution in [0.25, 0.3) is 10.9 Å². The lowest BCUT2D eigenvalue weighted by Crippen LogP contribution is -2.30. The average molecular weight is 511 g/mol. The van der Waals surface area contributed by atoms with Gasteiger partial charge < -0.3 is 9.47 Å². The molecule has 0 spiro atoms. The van der Waals surface area contributed by atoms with Crippen LogP contribution in [0.1, 0.15) is 46.1 Å². The minimum Gasteiger partial charge on any atom is -0.347 e. The van der Waals surface area contributed by atoms with Crippen LogP contribution in [0.5, 0.6) is 0 Å². The topological polar surface area (TPSA) is 42.3 Å². The van der Waals surface area contributed by atoms with Gasteiger partial charge in [-0.2, -0.15) is 13.2 Å². The zero-order valence-electron chi connectivity index (χ0n) is 18.9. The molecule has 1 unspecified atom stereocenters. The number of nitrogens with zero attached hydrogens (tertiary/aromatic N) is 2. The van der Waals surface area contributed by atoms with Crippen molar-refractivity contribution in [1.82, 2.24) is 9.47 Å². The molecule has 0 aliphatic carbocycles. The van der Waals surface area contributed by atoms with Crippen molar-refractivity contribution in [1.29, 1.82) is 0 Å². The summed E-state index contributed by atoms with van der Waals surface area (Å²) in [6.07, 6.45) is -3.59. The Morgan fingerprint density at radius 2 is 1.85 bits per heavy atom. The molecule has 1 aliphatic heterocycles. The van der Waals surface area contributed by atoms with Crippen LogP contribution in [-0.4, -0.2) is 34.2 Å². The van der Waals surface area contributed by atoms with E-state index < -0.39 is 11.7 Å². The molecule has 1 atom stereocenters. The first kappa shape index (κ1) is 24.6. The lowest BCUT2D eigenvalue weighted by Gasteiger charge is -2.19. The molecule has 0 saturated carbocycles. The van der Waals surface area contributed by atoms with E-state index in [0.29, 0.717) is 57.8 Å². The first-order valence-electron chi connectivity index (χ1n) is 10.8. The molecule has 0 radical (unpaired) electrons. The average Bonchev–Trinajstić information content (AvgIpc) is 3.36. The van der Waals surface area contributed by atoms with Crippen LogP contribution in [0.15, 0.2) is 30.3 Å². The van der Waals surface area contributed by atoms with Crippen molar-refractivity contribution >= 4 is 45.8 Å². The zero-order valence-corrected chi connectivity index (χ0v) is 20.4. The van der Waals surface area contributed by atoms with Crippen molar-refractivity contribution in [2.24, 2.45) is 13.0 Å². The number of likely N-dealkylation sites (tertiary alicyclic amines) is 1. The Hall–Kier alpha value is -2.51. The summed E-state index contributed by atoms with van der Waals surface area (Å²) in [6.45, 7) is 3.99. The van der Waals surface area contributed by atoms with E-state index in [0.717, 1.165) is 12.1 Å². The van der Waals surface area contributed by atoms with E-state index in [2.05, 4.69) is 0 Å². The van der Waals surface area contributed by atoms with Crippen molar-refractivity contribution < 1.29 is 22.8 Å². The number of rotatable bonds is 4. The molecule has 4 rings (SSSR count). The van der Waals surface area contributed by atoms with Crippen LogP contribution < -0.4 is 0 Å². The molecular formula is C25H23Cl2F3N2O2. The van der Waals surface area contributed by atoms with Crippen molar-refractivity contribution in [2.75, 3.05) is 13.1 Å². The molecule has 0 N–H and O–H groups in total. The number of carbonyl (C=O) groups is 2. The summed E-state index contributed by atoms with van der Waals surface area (Å²) >= 11 is 13.1. The number of Topliss-reactive ketones (excluding diaryl/α,β-unsaturated/α-hetero) is 1. The predicted octanol–water partition coefficient (Wildman–Crippen LogP) is 6.45. The first-order valence-corrected chi connectivity index (χ1v) is 11.6. The van der Waals surface area contributed by atoms with Crippen LogP contribution in [0, 0.1) is 12.8 Å². The van der Waals surface area contributed by atoms with Gasteiger partial charge in [-0.15, -0.1) is 0 Å². The van der Waals surface area contributed by atoms with Gasteiger partial charge in [0.2, 0.25) is 0 Å². The second kappa shape index (κ2) is 8.93. The highest BCUT2D eigenvalue weighted by atomic mass is 35.5. The monoisotopic (exact) mass is 510 g/mol. The summed E-state index contributed by atoms with van der Waals surface area (Å²) in [6, 6.07) is 7.26. The summed E-state index contributed by atoms with van der Waals surface area (Å²) in [7, 11) is 1.69. The second-order valence-corrected chi connectivity index (χ2v) is 9.62. The van der Waals surface area contributed by atoms with E-state index in [4.69, 9.17) is 23.2 Å². The lowest BCUT2D eigenvalue weighted by atomic mass is 10.0. The molecule has 1 amide bonds. The largest absolute Gasteiger partial charge is 0.416 e. The van der Waals surface area contributed by atoms with Gasteiger partial charge in [0.15, 0.2) is 0 Å². The number of amides is 1. The maximum Gasteiger partial charge on any atom is 0.416 e. The van der Waals surface area contributed by atoms with E-state index in [-0.39, 0.29) is 29.1 Å². The third kappa shape index (κ3) is 4.43. The number of aromatic nitrogens is 1. The Bertz CT molecular complexity index is 1310. The standard InChI is InChI=1S/C25H23Cl2F3N2O2/c1-13-8-16(25(28,29)30)9-22-19(13)10-17(31(22)3)11-20-21(26)5-4-18(23(20)27)24(34)32-7-6-15(12-32)14(2)33/h4-5,8-10,15H,6-7,11-12H2,1-3H3. The Morgan fingerprint density at radius 3 is 2.47 bits per heavy atom. The first-order chi connectivity index (χ1) is 15.9. The quantitative estimate of drug-likeness (QED) is 0.404. The molecule has 180 valence electrons. The number of alkyl halides is 3. The number of benzene rings is 2. The number of halogens is 5. The van der Waals surface area contributed by atoms with E-state index >= 15 is 0 Å². The van der Waals surface area contributed by atoms with Gasteiger partial charge in [-0.1, -0.05) is 23.2 Å². The summed E-state index contributed by atoms with van der Waals surface area (Å²) in [4.78, 5) is 26.4. The van der Waals surface area contributed by atoms with Gasteiger partial charge >= 0.3 is 6.18 Å². The van der Waals surface area contributed by atoms with Gasteiger partial charge in [0.1, 0.15) is 5.78 Å². The maximum atomic E-state index is 13.3. The summed E-state index contributed by atoms with van der Waals surface area (Å²) in [5.41, 5.74) is 1.79.